The molecule has 2 aliphatic heterocycles. The molecule has 0 saturated carbocycles. The molecule has 7 nitrogen and oxygen atoms in total. The van der Waals surface area contributed by atoms with Crippen molar-refractivity contribution in [3.8, 4) is 23.0 Å². The molecule has 0 aliphatic carbocycles. The molecule has 2 aromatic heterocycles. The summed E-state index contributed by atoms with van der Waals surface area (Å²) >= 11 is 6.69. The van der Waals surface area contributed by atoms with E-state index in [2.05, 4.69) is 25.2 Å². The molecule has 174 valence electrons. The summed E-state index contributed by atoms with van der Waals surface area (Å²) in [6, 6.07) is 10.4. The summed E-state index contributed by atoms with van der Waals surface area (Å²) in [4.78, 5) is 15.7. The number of halogens is 2. The maximum absolute atomic E-state index is 16.2. The smallest absolute Gasteiger partial charge is 0.318 e. The van der Waals surface area contributed by atoms with Crippen LogP contribution in [0.1, 0.15) is 12.8 Å². The van der Waals surface area contributed by atoms with E-state index in [9.17, 15) is 0 Å². The second kappa shape index (κ2) is 8.21. The molecule has 0 radical (unpaired) electrons. The van der Waals surface area contributed by atoms with E-state index in [0.29, 0.717) is 39.6 Å². The molecule has 2 fully saturated rings. The first-order chi connectivity index (χ1) is 16.6. The topological polar surface area (TPSA) is 72.4 Å². The summed E-state index contributed by atoms with van der Waals surface area (Å²) in [6.07, 6.45) is 3.88. The van der Waals surface area contributed by atoms with Gasteiger partial charge in [0, 0.05) is 36.9 Å². The fourth-order valence-corrected chi connectivity index (χ4v) is 5.50. The van der Waals surface area contributed by atoms with Crippen LogP contribution >= 0.6 is 11.6 Å². The van der Waals surface area contributed by atoms with E-state index in [4.69, 9.17) is 21.1 Å². The van der Waals surface area contributed by atoms with E-state index in [1.165, 1.54) is 14.2 Å². The van der Waals surface area contributed by atoms with Gasteiger partial charge in [-0.3, -0.25) is 4.98 Å². The Balaban J connectivity index is 1.58. The van der Waals surface area contributed by atoms with Crippen molar-refractivity contribution >= 4 is 39.1 Å². The van der Waals surface area contributed by atoms with Gasteiger partial charge < -0.3 is 19.7 Å². The van der Waals surface area contributed by atoms with Gasteiger partial charge in [-0.1, -0.05) is 35.9 Å². The van der Waals surface area contributed by atoms with Gasteiger partial charge in [0.25, 0.3) is 0 Å². The SMILES string of the molecule is COc1nc(N2CC3CCC(C2)N3)c2cnc(-c3c(Cl)c(OC)cc4ccccc34)c(F)c2n1. The number of rotatable bonds is 4. The molecule has 2 bridgehead atoms. The molecule has 9 heteroatoms. The summed E-state index contributed by atoms with van der Waals surface area (Å²) in [6.45, 7) is 1.59. The van der Waals surface area contributed by atoms with Crippen molar-refractivity contribution in [2.75, 3.05) is 32.2 Å². The molecule has 2 unspecified atom stereocenters. The van der Waals surface area contributed by atoms with Crippen LogP contribution in [0.25, 0.3) is 32.9 Å². The third kappa shape index (κ3) is 3.32. The normalized spacial score (nSPS) is 19.7. The lowest BCUT2D eigenvalue weighted by atomic mass is 10.00. The summed E-state index contributed by atoms with van der Waals surface area (Å²) in [5, 5.41) is 6.11. The average Bonchev–Trinajstić information content (AvgIpc) is 3.21. The van der Waals surface area contributed by atoms with Crippen molar-refractivity contribution < 1.29 is 13.9 Å². The molecular formula is C25H23ClFN5O2. The number of piperazine rings is 1. The minimum Gasteiger partial charge on any atom is -0.495 e. The van der Waals surface area contributed by atoms with Crippen molar-refractivity contribution in [1.82, 2.24) is 20.3 Å². The van der Waals surface area contributed by atoms with E-state index in [1.54, 1.807) is 6.20 Å². The summed E-state index contributed by atoms with van der Waals surface area (Å²) in [7, 11) is 3.02. The maximum Gasteiger partial charge on any atom is 0.318 e. The number of ether oxygens (including phenoxy) is 2. The number of nitrogens with one attached hydrogen (secondary N) is 1. The second-order valence-electron chi connectivity index (χ2n) is 8.75. The van der Waals surface area contributed by atoms with Crippen LogP contribution in [0.5, 0.6) is 11.8 Å². The number of benzene rings is 2. The monoisotopic (exact) mass is 479 g/mol. The Morgan fingerprint density at radius 3 is 2.56 bits per heavy atom. The summed E-state index contributed by atoms with van der Waals surface area (Å²) in [5.74, 6) is 0.520. The maximum atomic E-state index is 16.2. The zero-order valence-corrected chi connectivity index (χ0v) is 19.6. The zero-order valence-electron chi connectivity index (χ0n) is 18.8. The Labute approximate surface area is 200 Å². The third-order valence-corrected chi connectivity index (χ3v) is 7.13. The van der Waals surface area contributed by atoms with E-state index in [-0.39, 0.29) is 17.2 Å². The third-order valence-electron chi connectivity index (χ3n) is 6.75. The Bertz CT molecular complexity index is 1420. The molecule has 2 atom stereocenters. The molecule has 4 heterocycles. The van der Waals surface area contributed by atoms with Gasteiger partial charge in [0.2, 0.25) is 0 Å². The van der Waals surface area contributed by atoms with Crippen LogP contribution in [-0.2, 0) is 0 Å². The van der Waals surface area contributed by atoms with Crippen molar-refractivity contribution in [2.45, 2.75) is 24.9 Å². The Kier molecular flexibility index (Phi) is 5.15. The van der Waals surface area contributed by atoms with Gasteiger partial charge >= 0.3 is 6.01 Å². The molecule has 4 aromatic rings. The standard InChI is InChI=1S/C25H23ClFN5O2/c1-33-18-9-13-5-3-4-6-16(13)19(20(18)26)23-21(27)22-17(10-28-23)24(31-25(30-22)34-2)32-11-14-7-8-15(12-32)29-14/h3-6,9-10,14-15,29H,7-8,11-12H2,1-2H3. The van der Waals surface area contributed by atoms with Gasteiger partial charge in [0.1, 0.15) is 22.8 Å². The molecule has 2 saturated heterocycles. The molecule has 2 aliphatic rings. The fourth-order valence-electron chi connectivity index (χ4n) is 5.17. The number of methoxy groups -OCH3 is 2. The highest BCUT2D eigenvalue weighted by Gasteiger charge is 2.34. The molecular weight excluding hydrogens is 457 g/mol. The predicted molar refractivity (Wildman–Crippen MR) is 131 cm³/mol. The zero-order chi connectivity index (χ0) is 23.4. The minimum absolute atomic E-state index is 0.111. The number of pyridine rings is 1. The number of aromatic nitrogens is 3. The first-order valence-corrected chi connectivity index (χ1v) is 11.6. The fraction of sp³-hybridized carbons (Fsp3) is 0.320. The van der Waals surface area contributed by atoms with E-state index in [0.717, 1.165) is 36.7 Å². The Morgan fingerprint density at radius 2 is 1.82 bits per heavy atom. The van der Waals surface area contributed by atoms with Crippen LogP contribution in [0.4, 0.5) is 10.2 Å². The van der Waals surface area contributed by atoms with Gasteiger partial charge in [0.15, 0.2) is 5.82 Å². The largest absolute Gasteiger partial charge is 0.495 e. The number of anilines is 1. The average molecular weight is 480 g/mol. The van der Waals surface area contributed by atoms with Gasteiger partial charge in [-0.2, -0.15) is 9.97 Å². The molecule has 1 N–H and O–H groups in total. The van der Waals surface area contributed by atoms with Gasteiger partial charge in [0.05, 0.1) is 24.6 Å². The van der Waals surface area contributed by atoms with Gasteiger partial charge in [-0.05, 0) is 29.7 Å². The lowest BCUT2D eigenvalue weighted by molar-refractivity contribution is 0.380. The molecule has 6 rings (SSSR count). The second-order valence-corrected chi connectivity index (χ2v) is 9.13. The molecule has 0 amide bonds. The van der Waals surface area contributed by atoms with Crippen molar-refractivity contribution in [2.24, 2.45) is 0 Å². The van der Waals surface area contributed by atoms with Crippen molar-refractivity contribution in [3.05, 3.63) is 47.4 Å². The van der Waals surface area contributed by atoms with E-state index >= 15 is 4.39 Å². The van der Waals surface area contributed by atoms with Crippen molar-refractivity contribution in [1.29, 1.82) is 0 Å². The first-order valence-electron chi connectivity index (χ1n) is 11.2. The highest BCUT2D eigenvalue weighted by Crippen LogP contribution is 2.43. The number of fused-ring (bicyclic) bond motifs is 4. The first kappa shape index (κ1) is 21.3. The van der Waals surface area contributed by atoms with Crippen LogP contribution in [0.2, 0.25) is 5.02 Å². The number of hydrogen-bond donors (Lipinski definition) is 1. The van der Waals surface area contributed by atoms with Crippen LogP contribution in [0.3, 0.4) is 0 Å². The van der Waals surface area contributed by atoms with Crippen LogP contribution in [0, 0.1) is 5.82 Å². The molecule has 2 aromatic carbocycles. The minimum atomic E-state index is -0.571. The van der Waals surface area contributed by atoms with Gasteiger partial charge in [-0.25, -0.2) is 4.39 Å². The Hall–Kier alpha value is -3.23. The number of hydrogen-bond acceptors (Lipinski definition) is 7. The highest BCUT2D eigenvalue weighted by atomic mass is 35.5. The molecule has 0 spiro atoms. The van der Waals surface area contributed by atoms with Gasteiger partial charge in [-0.15, -0.1) is 0 Å². The summed E-state index contributed by atoms with van der Waals surface area (Å²) in [5.41, 5.74) is 0.732. The van der Waals surface area contributed by atoms with E-state index in [1.807, 2.05) is 30.3 Å². The lowest BCUT2D eigenvalue weighted by Crippen LogP contribution is -2.51. The predicted octanol–water partition coefficient (Wildman–Crippen LogP) is 4.60. The number of nitrogens with zero attached hydrogens (tertiary/aromatic N) is 4. The van der Waals surface area contributed by atoms with Crippen LogP contribution in [0.15, 0.2) is 36.5 Å². The van der Waals surface area contributed by atoms with Crippen LogP contribution < -0.4 is 19.7 Å². The molecule has 34 heavy (non-hydrogen) atoms. The Morgan fingerprint density at radius 1 is 1.06 bits per heavy atom. The highest BCUT2D eigenvalue weighted by molar-refractivity contribution is 6.36. The van der Waals surface area contributed by atoms with Crippen LogP contribution in [-0.4, -0.2) is 54.3 Å². The van der Waals surface area contributed by atoms with Crippen molar-refractivity contribution in [3.63, 3.8) is 0 Å². The summed E-state index contributed by atoms with van der Waals surface area (Å²) < 4.78 is 27.0. The van der Waals surface area contributed by atoms with E-state index < -0.39 is 5.82 Å². The quantitative estimate of drug-likeness (QED) is 0.458. The lowest BCUT2D eigenvalue weighted by Gasteiger charge is -2.34.